The van der Waals surface area contributed by atoms with Crippen molar-refractivity contribution in [2.45, 2.75) is 26.2 Å². The Bertz CT molecular complexity index is 1000. The summed E-state index contributed by atoms with van der Waals surface area (Å²) in [5.74, 6) is -0.300. The lowest BCUT2D eigenvalue weighted by molar-refractivity contribution is 0.0734. The van der Waals surface area contributed by atoms with Crippen LogP contribution in [0.1, 0.15) is 47.1 Å². The first-order valence-electron chi connectivity index (χ1n) is 9.52. The van der Waals surface area contributed by atoms with Gasteiger partial charge in [0.1, 0.15) is 0 Å². The largest absolute Gasteiger partial charge is 0.421 e. The molecule has 0 aliphatic rings. The molecule has 0 aliphatic heterocycles. The number of hydrogen-bond acceptors (Lipinski definition) is 3. The van der Waals surface area contributed by atoms with Gasteiger partial charge in [0.25, 0.3) is 5.91 Å². The van der Waals surface area contributed by atoms with Gasteiger partial charge >= 0.3 is 5.97 Å². The van der Waals surface area contributed by atoms with E-state index < -0.39 is 5.97 Å². The standard InChI is InChI=1S/C25H25NO3/c1-25(2,3)20-16-14-18(15-17-20)23(27)26(4)21-12-8-9-13-22(21)29-24(28)19-10-6-5-7-11-19/h5-17H,1-4H3. The van der Waals surface area contributed by atoms with Crippen LogP contribution in [0.4, 0.5) is 5.69 Å². The van der Waals surface area contributed by atoms with Gasteiger partial charge in [-0.2, -0.15) is 0 Å². The number of amides is 1. The van der Waals surface area contributed by atoms with E-state index in [1.54, 1.807) is 49.5 Å². The molecule has 3 rings (SSSR count). The summed E-state index contributed by atoms with van der Waals surface area (Å²) in [6, 6.07) is 23.4. The maximum Gasteiger partial charge on any atom is 0.343 e. The van der Waals surface area contributed by atoms with E-state index in [-0.39, 0.29) is 11.3 Å². The van der Waals surface area contributed by atoms with E-state index in [1.165, 1.54) is 4.90 Å². The summed E-state index contributed by atoms with van der Waals surface area (Å²) in [5.41, 5.74) is 2.74. The summed E-state index contributed by atoms with van der Waals surface area (Å²) in [7, 11) is 1.68. The molecule has 0 bridgehead atoms. The molecular weight excluding hydrogens is 362 g/mol. The van der Waals surface area contributed by atoms with Crippen molar-refractivity contribution < 1.29 is 14.3 Å². The molecule has 4 nitrogen and oxygen atoms in total. The molecule has 29 heavy (non-hydrogen) atoms. The second-order valence-corrected chi connectivity index (χ2v) is 7.91. The van der Waals surface area contributed by atoms with Crippen molar-refractivity contribution in [1.29, 1.82) is 0 Å². The first-order chi connectivity index (χ1) is 13.8. The van der Waals surface area contributed by atoms with Crippen molar-refractivity contribution in [3.8, 4) is 5.75 Å². The van der Waals surface area contributed by atoms with Crippen LogP contribution in [-0.4, -0.2) is 18.9 Å². The third-order valence-corrected chi connectivity index (χ3v) is 4.74. The number of benzene rings is 3. The Balaban J connectivity index is 1.83. The smallest absolute Gasteiger partial charge is 0.343 e. The number of carbonyl (C=O) groups is 2. The lowest BCUT2D eigenvalue weighted by Crippen LogP contribution is -2.27. The fraction of sp³-hybridized carbons (Fsp3) is 0.200. The highest BCUT2D eigenvalue weighted by atomic mass is 16.5. The van der Waals surface area contributed by atoms with Gasteiger partial charge in [0, 0.05) is 12.6 Å². The Morgan fingerprint density at radius 1 is 0.759 bits per heavy atom. The molecule has 0 saturated heterocycles. The van der Waals surface area contributed by atoms with Crippen LogP contribution in [0.5, 0.6) is 5.75 Å². The fourth-order valence-electron chi connectivity index (χ4n) is 2.97. The third kappa shape index (κ3) is 4.72. The maximum absolute atomic E-state index is 13.0. The van der Waals surface area contributed by atoms with Crippen molar-refractivity contribution in [1.82, 2.24) is 0 Å². The van der Waals surface area contributed by atoms with E-state index in [1.807, 2.05) is 36.4 Å². The quantitative estimate of drug-likeness (QED) is 0.440. The predicted octanol–water partition coefficient (Wildman–Crippen LogP) is 5.48. The summed E-state index contributed by atoms with van der Waals surface area (Å²) < 4.78 is 5.57. The van der Waals surface area contributed by atoms with Crippen LogP contribution in [-0.2, 0) is 5.41 Å². The number of anilines is 1. The molecule has 148 valence electrons. The molecule has 0 radical (unpaired) electrons. The van der Waals surface area contributed by atoms with Crippen molar-refractivity contribution in [3.63, 3.8) is 0 Å². The molecule has 0 unspecified atom stereocenters. The second kappa shape index (κ2) is 8.31. The molecule has 0 fully saturated rings. The summed E-state index contributed by atoms with van der Waals surface area (Å²) in [6.45, 7) is 6.40. The Labute approximate surface area is 171 Å². The summed E-state index contributed by atoms with van der Waals surface area (Å²) in [6.07, 6.45) is 0. The highest BCUT2D eigenvalue weighted by molar-refractivity contribution is 6.06. The van der Waals surface area contributed by atoms with Gasteiger partial charge in [-0.3, -0.25) is 4.79 Å². The highest BCUT2D eigenvalue weighted by Gasteiger charge is 2.20. The number of nitrogens with zero attached hydrogens (tertiary/aromatic N) is 1. The second-order valence-electron chi connectivity index (χ2n) is 7.91. The van der Waals surface area contributed by atoms with Gasteiger partial charge < -0.3 is 9.64 Å². The summed E-state index contributed by atoms with van der Waals surface area (Å²) in [5, 5.41) is 0. The summed E-state index contributed by atoms with van der Waals surface area (Å²) in [4.78, 5) is 26.9. The number of carbonyl (C=O) groups excluding carboxylic acids is 2. The van der Waals surface area contributed by atoms with Crippen LogP contribution in [0.2, 0.25) is 0 Å². The van der Waals surface area contributed by atoms with Crippen molar-refractivity contribution in [3.05, 3.63) is 95.6 Å². The average Bonchev–Trinajstić information content (AvgIpc) is 2.73. The van der Waals surface area contributed by atoms with Crippen LogP contribution in [0.15, 0.2) is 78.9 Å². The molecule has 0 heterocycles. The lowest BCUT2D eigenvalue weighted by atomic mass is 9.86. The lowest BCUT2D eigenvalue weighted by Gasteiger charge is -2.22. The molecule has 1 amide bonds. The third-order valence-electron chi connectivity index (χ3n) is 4.74. The van der Waals surface area contributed by atoms with E-state index in [0.717, 1.165) is 5.56 Å². The van der Waals surface area contributed by atoms with Crippen LogP contribution in [0.3, 0.4) is 0 Å². The van der Waals surface area contributed by atoms with Gasteiger partial charge in [-0.25, -0.2) is 4.79 Å². The van der Waals surface area contributed by atoms with Crippen LogP contribution >= 0.6 is 0 Å². The zero-order valence-corrected chi connectivity index (χ0v) is 17.2. The highest BCUT2D eigenvalue weighted by Crippen LogP contribution is 2.29. The topological polar surface area (TPSA) is 46.6 Å². The SMILES string of the molecule is CN(C(=O)c1ccc(C(C)(C)C)cc1)c1ccccc1OC(=O)c1ccccc1. The molecule has 0 aliphatic carbocycles. The van der Waals surface area contributed by atoms with Gasteiger partial charge in [0.2, 0.25) is 0 Å². The van der Waals surface area contributed by atoms with E-state index in [2.05, 4.69) is 20.8 Å². The van der Waals surface area contributed by atoms with Gasteiger partial charge in [-0.1, -0.05) is 63.2 Å². The van der Waals surface area contributed by atoms with E-state index in [0.29, 0.717) is 22.6 Å². The Hall–Kier alpha value is -3.40. The first-order valence-corrected chi connectivity index (χ1v) is 9.52. The monoisotopic (exact) mass is 387 g/mol. The zero-order chi connectivity index (χ0) is 21.0. The number of hydrogen-bond donors (Lipinski definition) is 0. The van der Waals surface area contributed by atoms with E-state index >= 15 is 0 Å². The van der Waals surface area contributed by atoms with Crippen LogP contribution in [0.25, 0.3) is 0 Å². The van der Waals surface area contributed by atoms with Crippen LogP contribution < -0.4 is 9.64 Å². The molecule has 0 N–H and O–H groups in total. The maximum atomic E-state index is 13.0. The number of ether oxygens (including phenoxy) is 1. The fourth-order valence-corrected chi connectivity index (χ4v) is 2.97. The molecule has 4 heteroatoms. The summed E-state index contributed by atoms with van der Waals surface area (Å²) >= 11 is 0. The minimum atomic E-state index is -0.464. The zero-order valence-electron chi connectivity index (χ0n) is 17.2. The molecule has 0 spiro atoms. The molecule has 0 saturated carbocycles. The Kier molecular flexibility index (Phi) is 5.83. The van der Waals surface area contributed by atoms with Crippen molar-refractivity contribution in [2.24, 2.45) is 0 Å². The average molecular weight is 387 g/mol. The minimum absolute atomic E-state index is 0.0196. The molecular formula is C25H25NO3. The van der Waals surface area contributed by atoms with Gasteiger partial charge in [0.15, 0.2) is 5.75 Å². The Morgan fingerprint density at radius 2 is 1.34 bits per heavy atom. The minimum Gasteiger partial charge on any atom is -0.421 e. The molecule has 3 aromatic carbocycles. The number of esters is 1. The van der Waals surface area contributed by atoms with Crippen LogP contribution in [0, 0.1) is 0 Å². The normalized spacial score (nSPS) is 11.0. The Morgan fingerprint density at radius 3 is 1.97 bits per heavy atom. The molecule has 0 atom stereocenters. The first kappa shape index (κ1) is 20.3. The van der Waals surface area contributed by atoms with Gasteiger partial charge in [0.05, 0.1) is 11.3 Å². The molecule has 0 aromatic heterocycles. The number of para-hydroxylation sites is 2. The predicted molar refractivity (Wildman–Crippen MR) is 116 cm³/mol. The van der Waals surface area contributed by atoms with Gasteiger partial charge in [-0.05, 0) is 47.4 Å². The van der Waals surface area contributed by atoms with E-state index in [9.17, 15) is 9.59 Å². The van der Waals surface area contributed by atoms with Gasteiger partial charge in [-0.15, -0.1) is 0 Å². The number of rotatable bonds is 4. The molecule has 3 aromatic rings. The van der Waals surface area contributed by atoms with Crippen molar-refractivity contribution >= 4 is 17.6 Å². The van der Waals surface area contributed by atoms with E-state index in [4.69, 9.17) is 4.74 Å². The van der Waals surface area contributed by atoms with Crippen molar-refractivity contribution in [2.75, 3.05) is 11.9 Å².